The molecule has 2 aromatic rings. The van der Waals surface area contributed by atoms with E-state index >= 15 is 0 Å². The second-order valence-corrected chi connectivity index (χ2v) is 6.30. The third-order valence-electron chi connectivity index (χ3n) is 3.86. The molecule has 1 saturated carbocycles. The molecule has 0 aliphatic heterocycles. The minimum absolute atomic E-state index is 0.0592. The molecule has 3 rings (SSSR count). The Morgan fingerprint density at radius 1 is 1.45 bits per heavy atom. The van der Waals surface area contributed by atoms with Gasteiger partial charge in [-0.05, 0) is 12.8 Å². The molecule has 0 aromatic carbocycles. The summed E-state index contributed by atoms with van der Waals surface area (Å²) in [7, 11) is 1.85. The van der Waals surface area contributed by atoms with Gasteiger partial charge < -0.3 is 5.32 Å². The molecule has 0 radical (unpaired) electrons. The summed E-state index contributed by atoms with van der Waals surface area (Å²) in [6, 6.07) is 0. The Kier molecular flexibility index (Phi) is 3.29. The monoisotopic (exact) mass is 291 g/mol. The van der Waals surface area contributed by atoms with E-state index in [1.54, 1.807) is 10.9 Å². The molecule has 7 heteroatoms. The van der Waals surface area contributed by atoms with Crippen molar-refractivity contribution in [1.82, 2.24) is 19.1 Å². The van der Waals surface area contributed by atoms with Crippen LogP contribution in [-0.4, -0.2) is 25.0 Å². The number of anilines is 1. The predicted molar refractivity (Wildman–Crippen MR) is 77.3 cm³/mol. The van der Waals surface area contributed by atoms with Gasteiger partial charge in [0.05, 0.1) is 11.8 Å². The van der Waals surface area contributed by atoms with E-state index in [4.69, 9.17) is 0 Å². The number of amides is 1. The lowest BCUT2D eigenvalue weighted by Crippen LogP contribution is -2.30. The summed E-state index contributed by atoms with van der Waals surface area (Å²) in [6.45, 7) is 2.03. The first-order valence-corrected chi connectivity index (χ1v) is 7.48. The first-order chi connectivity index (χ1) is 9.57. The zero-order valence-corrected chi connectivity index (χ0v) is 12.4. The number of hydrogen-bond donors (Lipinski definition) is 1. The van der Waals surface area contributed by atoms with E-state index in [0.29, 0.717) is 11.0 Å². The molecule has 1 amide bonds. The largest absolute Gasteiger partial charge is 0.300 e. The van der Waals surface area contributed by atoms with Crippen LogP contribution in [0.3, 0.4) is 0 Å². The van der Waals surface area contributed by atoms with Gasteiger partial charge in [0.2, 0.25) is 11.0 Å². The van der Waals surface area contributed by atoms with Crippen molar-refractivity contribution >= 4 is 22.6 Å². The van der Waals surface area contributed by atoms with Crippen LogP contribution in [0.4, 0.5) is 5.13 Å². The van der Waals surface area contributed by atoms with Crippen LogP contribution >= 0.6 is 11.5 Å². The molecule has 106 valence electrons. The number of rotatable bonds is 3. The lowest BCUT2D eigenvalue weighted by Gasteiger charge is -2.20. The Labute approximate surface area is 121 Å². The summed E-state index contributed by atoms with van der Waals surface area (Å²) < 4.78 is 5.97. The van der Waals surface area contributed by atoms with Crippen molar-refractivity contribution in [2.75, 3.05) is 5.32 Å². The number of nitrogens with zero attached hydrogens (tertiary/aromatic N) is 4. The first-order valence-electron chi connectivity index (χ1n) is 6.71. The SMILES string of the molecule is Cn1cc(-c2nsc(NC(=O)C3(C)CCCC3)n2)cn1. The summed E-state index contributed by atoms with van der Waals surface area (Å²) in [5.74, 6) is 0.666. The molecule has 1 aliphatic rings. The zero-order valence-electron chi connectivity index (χ0n) is 11.6. The number of hydrogen-bond acceptors (Lipinski definition) is 5. The molecular formula is C13H17N5OS. The second kappa shape index (κ2) is 4.97. The quantitative estimate of drug-likeness (QED) is 0.942. The van der Waals surface area contributed by atoms with E-state index in [2.05, 4.69) is 19.8 Å². The summed E-state index contributed by atoms with van der Waals surface area (Å²) in [5, 5.41) is 7.55. The Bertz CT molecular complexity index is 626. The van der Waals surface area contributed by atoms with Crippen molar-refractivity contribution in [2.24, 2.45) is 12.5 Å². The van der Waals surface area contributed by atoms with Crippen molar-refractivity contribution in [3.8, 4) is 11.4 Å². The van der Waals surface area contributed by atoms with Crippen LogP contribution in [-0.2, 0) is 11.8 Å². The zero-order chi connectivity index (χ0) is 14.2. The highest BCUT2D eigenvalue weighted by Crippen LogP contribution is 2.38. The highest BCUT2D eigenvalue weighted by Gasteiger charge is 2.36. The lowest BCUT2D eigenvalue weighted by molar-refractivity contribution is -0.124. The van der Waals surface area contributed by atoms with Crippen LogP contribution in [0.2, 0.25) is 0 Å². The molecule has 0 spiro atoms. The molecular weight excluding hydrogens is 274 g/mol. The van der Waals surface area contributed by atoms with E-state index in [1.807, 2.05) is 20.2 Å². The molecule has 1 N–H and O–H groups in total. The number of carbonyl (C=O) groups excluding carboxylic acids is 1. The van der Waals surface area contributed by atoms with Gasteiger partial charge in [0.25, 0.3) is 0 Å². The van der Waals surface area contributed by atoms with Gasteiger partial charge in [-0.2, -0.15) is 14.5 Å². The van der Waals surface area contributed by atoms with Crippen molar-refractivity contribution in [1.29, 1.82) is 0 Å². The highest BCUT2D eigenvalue weighted by atomic mass is 32.1. The Morgan fingerprint density at radius 3 is 2.85 bits per heavy atom. The van der Waals surface area contributed by atoms with Crippen LogP contribution in [0.15, 0.2) is 12.4 Å². The van der Waals surface area contributed by atoms with Gasteiger partial charge >= 0.3 is 0 Å². The maximum absolute atomic E-state index is 12.3. The summed E-state index contributed by atoms with van der Waals surface area (Å²) in [4.78, 5) is 16.7. The maximum atomic E-state index is 12.3. The summed E-state index contributed by atoms with van der Waals surface area (Å²) in [6.07, 6.45) is 7.72. The van der Waals surface area contributed by atoms with Crippen molar-refractivity contribution < 1.29 is 4.79 Å². The third kappa shape index (κ3) is 2.45. The molecule has 2 aromatic heterocycles. The van der Waals surface area contributed by atoms with Crippen molar-refractivity contribution in [3.63, 3.8) is 0 Å². The fourth-order valence-corrected chi connectivity index (χ4v) is 3.14. The Hall–Kier alpha value is -1.76. The number of aryl methyl sites for hydroxylation is 1. The minimum atomic E-state index is -0.250. The highest BCUT2D eigenvalue weighted by molar-refractivity contribution is 7.10. The molecule has 6 nitrogen and oxygen atoms in total. The molecule has 0 unspecified atom stereocenters. The van der Waals surface area contributed by atoms with E-state index in [9.17, 15) is 4.79 Å². The average Bonchev–Trinajstić information content (AvgIpc) is 3.11. The Balaban J connectivity index is 1.73. The predicted octanol–water partition coefficient (Wildman–Crippen LogP) is 2.46. The molecule has 2 heterocycles. The number of carbonyl (C=O) groups is 1. The summed E-state index contributed by atoms with van der Waals surface area (Å²) in [5.41, 5.74) is 0.608. The van der Waals surface area contributed by atoms with E-state index in [-0.39, 0.29) is 11.3 Å². The third-order valence-corrected chi connectivity index (χ3v) is 4.50. The lowest BCUT2D eigenvalue weighted by atomic mass is 9.88. The average molecular weight is 291 g/mol. The minimum Gasteiger partial charge on any atom is -0.300 e. The molecule has 1 fully saturated rings. The van der Waals surface area contributed by atoms with E-state index in [1.165, 1.54) is 11.5 Å². The fourth-order valence-electron chi connectivity index (χ4n) is 2.56. The topological polar surface area (TPSA) is 72.7 Å². The van der Waals surface area contributed by atoms with Crippen LogP contribution in [0, 0.1) is 5.41 Å². The molecule has 0 atom stereocenters. The van der Waals surface area contributed by atoms with Crippen molar-refractivity contribution in [2.45, 2.75) is 32.6 Å². The van der Waals surface area contributed by atoms with E-state index in [0.717, 1.165) is 31.2 Å². The van der Waals surface area contributed by atoms with Gasteiger partial charge in [-0.15, -0.1) is 0 Å². The van der Waals surface area contributed by atoms with Crippen LogP contribution in [0.1, 0.15) is 32.6 Å². The molecule has 1 aliphatic carbocycles. The van der Waals surface area contributed by atoms with Crippen LogP contribution < -0.4 is 5.32 Å². The van der Waals surface area contributed by atoms with E-state index < -0.39 is 0 Å². The normalized spacial score (nSPS) is 17.3. The fraction of sp³-hybridized carbons (Fsp3) is 0.538. The standard InChI is InChI=1S/C13H17N5OS/c1-13(5-3-4-6-13)11(19)16-12-15-10(17-20-12)9-7-14-18(2)8-9/h7-8H,3-6H2,1-2H3,(H,15,16,17,19). The second-order valence-electron chi connectivity index (χ2n) is 5.55. The smallest absolute Gasteiger partial charge is 0.232 e. The van der Waals surface area contributed by atoms with Gasteiger partial charge in [0.15, 0.2) is 5.82 Å². The maximum Gasteiger partial charge on any atom is 0.232 e. The van der Waals surface area contributed by atoms with Gasteiger partial charge in [-0.3, -0.25) is 9.48 Å². The summed E-state index contributed by atoms with van der Waals surface area (Å²) >= 11 is 1.21. The van der Waals surface area contributed by atoms with Crippen molar-refractivity contribution in [3.05, 3.63) is 12.4 Å². The molecule has 0 bridgehead atoms. The van der Waals surface area contributed by atoms with Crippen LogP contribution in [0.25, 0.3) is 11.4 Å². The van der Waals surface area contributed by atoms with Gasteiger partial charge in [0.1, 0.15) is 0 Å². The Morgan fingerprint density at radius 2 is 2.20 bits per heavy atom. The molecule has 20 heavy (non-hydrogen) atoms. The van der Waals surface area contributed by atoms with Gasteiger partial charge in [0, 0.05) is 30.2 Å². The molecule has 0 saturated heterocycles. The number of nitrogens with one attached hydrogen (secondary N) is 1. The van der Waals surface area contributed by atoms with Gasteiger partial charge in [-0.25, -0.2) is 0 Å². The number of aromatic nitrogens is 4. The van der Waals surface area contributed by atoms with Crippen LogP contribution in [0.5, 0.6) is 0 Å². The van der Waals surface area contributed by atoms with Gasteiger partial charge in [-0.1, -0.05) is 19.8 Å². The first kappa shape index (κ1) is 13.2.